The van der Waals surface area contributed by atoms with E-state index in [2.05, 4.69) is 4.98 Å². The van der Waals surface area contributed by atoms with Gasteiger partial charge in [0.15, 0.2) is 4.34 Å². The lowest BCUT2D eigenvalue weighted by Gasteiger charge is -2.11. The first-order chi connectivity index (χ1) is 9.82. The minimum atomic E-state index is -4.53. The molecule has 0 radical (unpaired) electrons. The predicted octanol–water partition coefficient (Wildman–Crippen LogP) is 4.71. The van der Waals surface area contributed by atoms with Crippen molar-refractivity contribution in [3.05, 3.63) is 38.7 Å². The summed E-state index contributed by atoms with van der Waals surface area (Å²) < 4.78 is 48.0. The zero-order valence-corrected chi connectivity index (χ0v) is 12.7. The third-order valence-corrected chi connectivity index (χ3v) is 3.93. The second-order valence-electron chi connectivity index (χ2n) is 4.15. The van der Waals surface area contributed by atoms with Crippen molar-refractivity contribution in [2.45, 2.75) is 19.7 Å². The fraction of sp³-hybridized carbons (Fsp3) is 0.308. The molecule has 1 aromatic carbocycles. The number of aryl methyl sites for hydroxylation is 1. The number of ether oxygens (including phenoxy) is 2. The zero-order valence-electron chi connectivity index (χ0n) is 11.1. The molecule has 2 rings (SSSR count). The van der Waals surface area contributed by atoms with Crippen molar-refractivity contribution in [2.75, 3.05) is 7.11 Å². The highest BCUT2D eigenvalue weighted by Crippen LogP contribution is 2.40. The average Bonchev–Trinajstić information content (AvgIpc) is 2.78. The molecule has 0 aliphatic rings. The second-order valence-corrected chi connectivity index (χ2v) is 5.75. The Morgan fingerprint density at radius 3 is 2.62 bits per heavy atom. The number of methoxy groups -OCH3 is 1. The van der Waals surface area contributed by atoms with Crippen LogP contribution in [0.5, 0.6) is 11.6 Å². The minimum absolute atomic E-state index is 0.0194. The summed E-state index contributed by atoms with van der Waals surface area (Å²) in [4.78, 5) is 3.37. The molecule has 1 heterocycles. The molecule has 0 saturated carbocycles. The molecule has 8 heteroatoms. The minimum Gasteiger partial charge on any atom is -0.496 e. The summed E-state index contributed by atoms with van der Waals surface area (Å²) in [6.45, 7) is 1.88. The molecule has 0 atom stereocenters. The first-order valence-corrected chi connectivity index (χ1v) is 7.01. The molecule has 0 saturated heterocycles. The molecule has 21 heavy (non-hydrogen) atoms. The van der Waals surface area contributed by atoms with Gasteiger partial charge in [-0.2, -0.15) is 18.2 Å². The lowest BCUT2D eigenvalue weighted by Crippen LogP contribution is -2.04. The van der Waals surface area contributed by atoms with Crippen LogP contribution < -0.4 is 9.47 Å². The van der Waals surface area contributed by atoms with E-state index in [9.17, 15) is 13.2 Å². The monoisotopic (exact) mass is 337 g/mol. The maximum absolute atomic E-state index is 12.5. The van der Waals surface area contributed by atoms with Gasteiger partial charge in [-0.25, -0.2) is 0 Å². The van der Waals surface area contributed by atoms with E-state index in [1.54, 1.807) is 12.1 Å². The van der Waals surface area contributed by atoms with Crippen molar-refractivity contribution in [3.8, 4) is 11.6 Å². The first-order valence-electron chi connectivity index (χ1n) is 5.81. The highest BCUT2D eigenvalue weighted by Gasteiger charge is 2.36. The van der Waals surface area contributed by atoms with Crippen LogP contribution in [0.2, 0.25) is 4.34 Å². The van der Waals surface area contributed by atoms with Gasteiger partial charge in [0.2, 0.25) is 10.9 Å². The van der Waals surface area contributed by atoms with E-state index < -0.39 is 11.2 Å². The van der Waals surface area contributed by atoms with E-state index in [4.69, 9.17) is 21.1 Å². The molecule has 0 spiro atoms. The Morgan fingerprint density at radius 2 is 2.05 bits per heavy atom. The van der Waals surface area contributed by atoms with Crippen LogP contribution >= 0.6 is 22.9 Å². The molecule has 0 bridgehead atoms. The summed E-state index contributed by atoms with van der Waals surface area (Å²) in [5, 5.41) is -1.03. The zero-order chi connectivity index (χ0) is 15.6. The van der Waals surface area contributed by atoms with Gasteiger partial charge < -0.3 is 9.47 Å². The maximum Gasteiger partial charge on any atom is 0.443 e. The average molecular weight is 338 g/mol. The largest absolute Gasteiger partial charge is 0.496 e. The number of para-hydroxylation sites is 1. The summed E-state index contributed by atoms with van der Waals surface area (Å²) >= 11 is 6.06. The number of rotatable bonds is 4. The topological polar surface area (TPSA) is 31.4 Å². The number of alkyl halides is 3. The maximum atomic E-state index is 12.5. The Morgan fingerprint density at radius 1 is 1.33 bits per heavy atom. The molecule has 0 aliphatic carbocycles. The van der Waals surface area contributed by atoms with Crippen molar-refractivity contribution >= 4 is 22.9 Å². The predicted molar refractivity (Wildman–Crippen MR) is 74.2 cm³/mol. The van der Waals surface area contributed by atoms with E-state index in [-0.39, 0.29) is 16.8 Å². The van der Waals surface area contributed by atoms with E-state index >= 15 is 0 Å². The molecule has 0 N–H and O–H groups in total. The third kappa shape index (κ3) is 3.59. The number of thiazole rings is 1. The van der Waals surface area contributed by atoms with Crippen LogP contribution in [0.1, 0.15) is 16.1 Å². The Hall–Kier alpha value is -1.47. The molecular weight excluding hydrogens is 327 g/mol. The molecule has 0 unspecified atom stereocenters. The molecule has 3 nitrogen and oxygen atoms in total. The SMILES string of the molecule is COc1c(C)cccc1COc1nc(C(F)(F)F)sc1Cl. The fourth-order valence-electron chi connectivity index (χ4n) is 1.76. The summed E-state index contributed by atoms with van der Waals surface area (Å²) in [5.41, 5.74) is 1.61. The van der Waals surface area contributed by atoms with Crippen molar-refractivity contribution in [1.29, 1.82) is 0 Å². The summed E-state index contributed by atoms with van der Waals surface area (Å²) in [5.74, 6) is 0.400. The van der Waals surface area contributed by atoms with Gasteiger partial charge in [-0.05, 0) is 12.5 Å². The van der Waals surface area contributed by atoms with Crippen LogP contribution in [0.25, 0.3) is 0 Å². The Labute approximate surface area is 128 Å². The van der Waals surface area contributed by atoms with Gasteiger partial charge in [0.05, 0.1) is 7.11 Å². The summed E-state index contributed by atoms with van der Waals surface area (Å²) in [7, 11) is 1.52. The van der Waals surface area contributed by atoms with Crippen molar-refractivity contribution < 1.29 is 22.6 Å². The van der Waals surface area contributed by atoms with Crippen molar-refractivity contribution in [2.24, 2.45) is 0 Å². The van der Waals surface area contributed by atoms with E-state index in [0.717, 1.165) is 5.56 Å². The number of hydrogen-bond acceptors (Lipinski definition) is 4. The van der Waals surface area contributed by atoms with E-state index in [0.29, 0.717) is 22.6 Å². The van der Waals surface area contributed by atoms with Gasteiger partial charge in [-0.3, -0.25) is 0 Å². The lowest BCUT2D eigenvalue weighted by molar-refractivity contribution is -0.137. The number of halogens is 4. The molecule has 114 valence electrons. The quantitative estimate of drug-likeness (QED) is 0.809. The second kappa shape index (κ2) is 6.11. The van der Waals surface area contributed by atoms with Gasteiger partial charge in [0, 0.05) is 5.56 Å². The first kappa shape index (κ1) is 15.9. The molecule has 0 fully saturated rings. The number of hydrogen-bond donors (Lipinski definition) is 0. The van der Waals surface area contributed by atoms with Crippen LogP contribution in [0.3, 0.4) is 0 Å². The molecular formula is C13H11ClF3NO2S. The number of aromatic nitrogens is 1. The number of nitrogens with zero attached hydrogens (tertiary/aromatic N) is 1. The highest BCUT2D eigenvalue weighted by molar-refractivity contribution is 7.16. The Kier molecular flexibility index (Phi) is 4.63. The summed E-state index contributed by atoms with van der Waals surface area (Å²) in [6.07, 6.45) is -4.53. The van der Waals surface area contributed by atoms with Crippen LogP contribution in [0.4, 0.5) is 13.2 Å². The molecule has 2 aromatic rings. The van der Waals surface area contributed by atoms with Gasteiger partial charge in [-0.1, -0.05) is 41.1 Å². The van der Waals surface area contributed by atoms with E-state index in [1.807, 2.05) is 13.0 Å². The van der Waals surface area contributed by atoms with Gasteiger partial charge >= 0.3 is 6.18 Å². The van der Waals surface area contributed by atoms with Crippen LogP contribution in [0, 0.1) is 6.92 Å². The highest BCUT2D eigenvalue weighted by atomic mass is 35.5. The smallest absolute Gasteiger partial charge is 0.443 e. The van der Waals surface area contributed by atoms with Crippen molar-refractivity contribution in [1.82, 2.24) is 4.98 Å². The van der Waals surface area contributed by atoms with Gasteiger partial charge in [0.1, 0.15) is 12.4 Å². The van der Waals surface area contributed by atoms with Crippen LogP contribution in [0.15, 0.2) is 18.2 Å². The van der Waals surface area contributed by atoms with E-state index in [1.165, 1.54) is 7.11 Å². The van der Waals surface area contributed by atoms with Crippen LogP contribution in [-0.4, -0.2) is 12.1 Å². The molecule has 0 aliphatic heterocycles. The Bertz CT molecular complexity index is 643. The number of benzene rings is 1. The molecule has 1 aromatic heterocycles. The van der Waals surface area contributed by atoms with Crippen LogP contribution in [-0.2, 0) is 12.8 Å². The van der Waals surface area contributed by atoms with Gasteiger partial charge in [-0.15, -0.1) is 0 Å². The van der Waals surface area contributed by atoms with Gasteiger partial charge in [0.25, 0.3) is 0 Å². The lowest BCUT2D eigenvalue weighted by atomic mass is 10.1. The standard InChI is InChI=1S/C13H11ClF3NO2S/c1-7-4-3-5-8(9(7)19-2)6-20-11-10(14)21-12(18-11)13(15,16)17/h3-5H,6H2,1-2H3. The third-order valence-electron chi connectivity index (χ3n) is 2.66. The molecule has 0 amide bonds. The summed E-state index contributed by atoms with van der Waals surface area (Å²) in [6, 6.07) is 5.43. The Balaban J connectivity index is 2.18. The van der Waals surface area contributed by atoms with Crippen molar-refractivity contribution in [3.63, 3.8) is 0 Å². The normalized spacial score (nSPS) is 11.5. The fourth-order valence-corrected chi connectivity index (χ4v) is 2.68.